The van der Waals surface area contributed by atoms with Gasteiger partial charge < -0.3 is 10.6 Å². The molecule has 0 radical (unpaired) electrons. The second-order valence-electron chi connectivity index (χ2n) is 6.06. The van der Waals surface area contributed by atoms with Gasteiger partial charge in [0.25, 0.3) is 0 Å². The summed E-state index contributed by atoms with van der Waals surface area (Å²) in [5.41, 5.74) is 5.61. The molecular weight excluding hydrogens is 269 g/mol. The van der Waals surface area contributed by atoms with Crippen molar-refractivity contribution in [1.29, 1.82) is 0 Å². The van der Waals surface area contributed by atoms with Gasteiger partial charge in [-0.2, -0.15) is 13.2 Å². The lowest BCUT2D eigenvalue weighted by molar-refractivity contribution is -0.165. The average molecular weight is 294 g/mol. The van der Waals surface area contributed by atoms with E-state index >= 15 is 0 Å². The Morgan fingerprint density at radius 2 is 1.70 bits per heavy atom. The van der Waals surface area contributed by atoms with E-state index in [0.29, 0.717) is 12.5 Å². The number of nitrogens with two attached hydrogens (primary N) is 1. The molecule has 0 heterocycles. The van der Waals surface area contributed by atoms with Gasteiger partial charge in [0.2, 0.25) is 5.91 Å². The molecule has 0 aromatic rings. The Labute approximate surface area is 118 Å². The van der Waals surface area contributed by atoms with Crippen molar-refractivity contribution < 1.29 is 18.0 Å². The molecule has 20 heavy (non-hydrogen) atoms. The lowest BCUT2D eigenvalue weighted by Gasteiger charge is -2.32. The van der Waals surface area contributed by atoms with Crippen LogP contribution in [0.5, 0.6) is 0 Å². The molecule has 0 unspecified atom stereocenters. The summed E-state index contributed by atoms with van der Waals surface area (Å²) < 4.78 is 37.5. The van der Waals surface area contributed by atoms with Crippen molar-refractivity contribution in [3.8, 4) is 0 Å². The minimum absolute atomic E-state index is 0.208. The Bertz CT molecular complexity index is 310. The van der Waals surface area contributed by atoms with Crippen molar-refractivity contribution in [3.63, 3.8) is 0 Å². The molecule has 1 rings (SSSR count). The van der Waals surface area contributed by atoms with Crippen molar-refractivity contribution >= 4 is 5.91 Å². The zero-order chi connectivity index (χ0) is 15.3. The number of rotatable bonds is 5. The van der Waals surface area contributed by atoms with Crippen molar-refractivity contribution in [2.24, 2.45) is 17.6 Å². The van der Waals surface area contributed by atoms with Gasteiger partial charge in [0.1, 0.15) is 6.54 Å². The number of nitrogens with zero attached hydrogens (tertiary/aromatic N) is 1. The fraction of sp³-hybridized carbons (Fsp3) is 0.929. The number of alkyl halides is 3. The molecule has 2 N–H and O–H groups in total. The van der Waals surface area contributed by atoms with Gasteiger partial charge in [0.15, 0.2) is 0 Å². The second-order valence-corrected chi connectivity index (χ2v) is 6.06. The molecule has 1 amide bonds. The molecule has 0 aliphatic heterocycles. The maximum Gasteiger partial charge on any atom is 0.406 e. The second kappa shape index (κ2) is 7.29. The molecule has 1 aliphatic carbocycles. The van der Waals surface area contributed by atoms with Crippen molar-refractivity contribution in [1.82, 2.24) is 4.90 Å². The zero-order valence-corrected chi connectivity index (χ0v) is 12.2. The number of amides is 1. The number of hydrogen-bond donors (Lipinski definition) is 1. The SMILES string of the molecule is CC(C)N(CC(F)(F)F)C(=O)CC1CCC(CN)CC1. The Morgan fingerprint density at radius 1 is 1.20 bits per heavy atom. The van der Waals surface area contributed by atoms with E-state index in [9.17, 15) is 18.0 Å². The summed E-state index contributed by atoms with van der Waals surface area (Å²) in [5, 5.41) is 0. The van der Waals surface area contributed by atoms with Crippen LogP contribution in [0.25, 0.3) is 0 Å². The number of halogens is 3. The quantitative estimate of drug-likeness (QED) is 0.847. The molecule has 3 nitrogen and oxygen atoms in total. The molecule has 6 heteroatoms. The molecule has 0 saturated heterocycles. The van der Waals surface area contributed by atoms with Crippen molar-refractivity contribution in [2.45, 2.75) is 58.2 Å². The summed E-state index contributed by atoms with van der Waals surface area (Å²) in [6.45, 7) is 2.75. The van der Waals surface area contributed by atoms with E-state index in [-0.39, 0.29) is 18.2 Å². The highest BCUT2D eigenvalue weighted by atomic mass is 19.4. The average Bonchev–Trinajstić information content (AvgIpc) is 2.35. The van der Waals surface area contributed by atoms with Crippen LogP contribution >= 0.6 is 0 Å². The van der Waals surface area contributed by atoms with E-state index in [1.54, 1.807) is 13.8 Å². The van der Waals surface area contributed by atoms with Gasteiger partial charge in [-0.1, -0.05) is 0 Å². The van der Waals surface area contributed by atoms with E-state index in [2.05, 4.69) is 0 Å². The molecule has 0 bridgehead atoms. The molecule has 118 valence electrons. The maximum absolute atomic E-state index is 12.5. The molecule has 0 atom stereocenters. The molecule has 0 aromatic heterocycles. The Morgan fingerprint density at radius 3 is 2.10 bits per heavy atom. The van der Waals surface area contributed by atoms with Crippen LogP contribution in [0.15, 0.2) is 0 Å². The van der Waals surface area contributed by atoms with Crippen molar-refractivity contribution in [3.05, 3.63) is 0 Å². The van der Waals surface area contributed by atoms with Crippen LogP contribution in [0.3, 0.4) is 0 Å². The van der Waals surface area contributed by atoms with Gasteiger partial charge in [-0.05, 0) is 57.9 Å². The van der Waals surface area contributed by atoms with Crippen LogP contribution in [0.1, 0.15) is 46.0 Å². The Hall–Kier alpha value is -0.780. The number of hydrogen-bond acceptors (Lipinski definition) is 2. The Kier molecular flexibility index (Phi) is 6.30. The molecule has 1 aliphatic rings. The monoisotopic (exact) mass is 294 g/mol. The molecular formula is C14H25F3N2O. The maximum atomic E-state index is 12.5. The third-order valence-electron chi connectivity index (χ3n) is 4.06. The van der Waals surface area contributed by atoms with Gasteiger partial charge in [0, 0.05) is 12.5 Å². The highest BCUT2D eigenvalue weighted by molar-refractivity contribution is 5.76. The van der Waals surface area contributed by atoms with E-state index in [1.807, 2.05) is 0 Å². The third kappa shape index (κ3) is 5.69. The number of carbonyl (C=O) groups excluding carboxylic acids is 1. The zero-order valence-electron chi connectivity index (χ0n) is 12.2. The topological polar surface area (TPSA) is 46.3 Å². The van der Waals surface area contributed by atoms with E-state index < -0.39 is 18.8 Å². The molecule has 0 aromatic carbocycles. The van der Waals surface area contributed by atoms with Crippen molar-refractivity contribution in [2.75, 3.05) is 13.1 Å². The minimum atomic E-state index is -4.34. The summed E-state index contributed by atoms with van der Waals surface area (Å²) >= 11 is 0. The third-order valence-corrected chi connectivity index (χ3v) is 4.06. The van der Waals surface area contributed by atoms with Crippen LogP contribution in [0.4, 0.5) is 13.2 Å². The van der Waals surface area contributed by atoms with Crippen LogP contribution in [-0.2, 0) is 4.79 Å². The normalized spacial score (nSPS) is 23.9. The van der Waals surface area contributed by atoms with Gasteiger partial charge in [-0.15, -0.1) is 0 Å². The molecule has 1 fully saturated rings. The van der Waals surface area contributed by atoms with Crippen LogP contribution in [0, 0.1) is 11.8 Å². The number of carbonyl (C=O) groups is 1. The first-order valence-electron chi connectivity index (χ1n) is 7.29. The summed E-state index contributed by atoms with van der Waals surface area (Å²) in [4.78, 5) is 13.0. The smallest absolute Gasteiger partial charge is 0.331 e. The predicted octanol–water partition coefficient (Wildman–Crippen LogP) is 2.94. The lowest BCUT2D eigenvalue weighted by Crippen LogP contribution is -2.44. The molecule has 1 saturated carbocycles. The first kappa shape index (κ1) is 17.3. The van der Waals surface area contributed by atoms with Gasteiger partial charge in [-0.3, -0.25) is 4.79 Å². The van der Waals surface area contributed by atoms with Gasteiger partial charge in [-0.25, -0.2) is 0 Å². The highest BCUT2D eigenvalue weighted by Crippen LogP contribution is 2.31. The lowest BCUT2D eigenvalue weighted by atomic mass is 9.80. The van der Waals surface area contributed by atoms with E-state index in [4.69, 9.17) is 5.73 Å². The van der Waals surface area contributed by atoms with E-state index in [0.717, 1.165) is 30.6 Å². The first-order valence-corrected chi connectivity index (χ1v) is 7.29. The Balaban J connectivity index is 2.50. The minimum Gasteiger partial charge on any atom is -0.331 e. The molecule has 0 spiro atoms. The van der Waals surface area contributed by atoms with Crippen LogP contribution < -0.4 is 5.73 Å². The fourth-order valence-electron chi connectivity index (χ4n) is 2.79. The summed E-state index contributed by atoms with van der Waals surface area (Å²) in [6, 6.07) is -0.426. The van der Waals surface area contributed by atoms with Crippen LogP contribution in [0.2, 0.25) is 0 Å². The fourth-order valence-corrected chi connectivity index (χ4v) is 2.79. The largest absolute Gasteiger partial charge is 0.406 e. The first-order chi connectivity index (χ1) is 9.23. The van der Waals surface area contributed by atoms with E-state index in [1.165, 1.54) is 0 Å². The standard InChI is InChI=1S/C14H25F3N2O/c1-10(2)19(9-14(15,16)17)13(20)7-11-3-5-12(8-18)6-4-11/h10-12H,3-9,18H2,1-2H3. The van der Waals surface area contributed by atoms with Gasteiger partial charge >= 0.3 is 6.18 Å². The summed E-state index contributed by atoms with van der Waals surface area (Å²) in [5.74, 6) is 0.339. The van der Waals surface area contributed by atoms with Gasteiger partial charge in [0.05, 0.1) is 0 Å². The predicted molar refractivity (Wildman–Crippen MR) is 72.0 cm³/mol. The summed E-state index contributed by atoms with van der Waals surface area (Å²) in [6.07, 6.45) is -0.357. The highest BCUT2D eigenvalue weighted by Gasteiger charge is 2.35. The summed E-state index contributed by atoms with van der Waals surface area (Å²) in [7, 11) is 0. The van der Waals surface area contributed by atoms with Crippen LogP contribution in [-0.4, -0.2) is 36.1 Å².